The number of phenolic OH excluding ortho intramolecular Hbond substituents is 1. The number of hydrogen-bond acceptors (Lipinski definition) is 3. The predicted molar refractivity (Wildman–Crippen MR) is 49.0 cm³/mol. The third kappa shape index (κ3) is 2.23. The van der Waals surface area contributed by atoms with Gasteiger partial charge in [0.1, 0.15) is 6.29 Å². The topological polar surface area (TPSA) is 46.5 Å². The van der Waals surface area contributed by atoms with Crippen LogP contribution in [0.15, 0.2) is 6.07 Å². The Kier molecular flexibility index (Phi) is 3.60. The molecule has 0 spiro atoms. The van der Waals surface area contributed by atoms with Crippen molar-refractivity contribution in [2.45, 2.75) is 12.8 Å². The highest BCUT2D eigenvalue weighted by Crippen LogP contribution is 2.30. The van der Waals surface area contributed by atoms with Crippen LogP contribution < -0.4 is 4.74 Å². The van der Waals surface area contributed by atoms with Crippen molar-refractivity contribution in [2.24, 2.45) is 0 Å². The van der Waals surface area contributed by atoms with Crippen LogP contribution in [0.2, 0.25) is 0 Å². The minimum absolute atomic E-state index is 0.0134. The van der Waals surface area contributed by atoms with E-state index in [1.54, 1.807) is 0 Å². The Morgan fingerprint density at radius 3 is 2.67 bits per heavy atom. The summed E-state index contributed by atoms with van der Waals surface area (Å²) in [6, 6.07) is 0.856. The van der Waals surface area contributed by atoms with Crippen LogP contribution in [0.25, 0.3) is 0 Å². The zero-order valence-corrected chi connectivity index (χ0v) is 8.09. The smallest absolute Gasteiger partial charge is 0.171 e. The van der Waals surface area contributed by atoms with Gasteiger partial charge in [0.25, 0.3) is 0 Å². The van der Waals surface area contributed by atoms with Crippen molar-refractivity contribution < 1.29 is 23.4 Å². The molecule has 0 saturated heterocycles. The Morgan fingerprint density at radius 1 is 1.47 bits per heavy atom. The number of phenols is 1. The van der Waals surface area contributed by atoms with Crippen molar-refractivity contribution in [3.8, 4) is 11.5 Å². The van der Waals surface area contributed by atoms with Gasteiger partial charge in [0, 0.05) is 18.1 Å². The van der Waals surface area contributed by atoms with Gasteiger partial charge in [0.15, 0.2) is 23.1 Å². The van der Waals surface area contributed by atoms with E-state index < -0.39 is 17.4 Å². The van der Waals surface area contributed by atoms with Gasteiger partial charge in [0.2, 0.25) is 0 Å². The molecular formula is C10H10F2O3. The second kappa shape index (κ2) is 4.72. The Labute approximate surface area is 85.3 Å². The summed E-state index contributed by atoms with van der Waals surface area (Å²) in [4.78, 5) is 10.1. The fourth-order valence-corrected chi connectivity index (χ4v) is 1.22. The summed E-state index contributed by atoms with van der Waals surface area (Å²) in [7, 11) is 1.21. The van der Waals surface area contributed by atoms with Crippen LogP contribution in [0.5, 0.6) is 11.5 Å². The molecule has 0 saturated carbocycles. The Balaban J connectivity index is 3.20. The standard InChI is InChI=1S/C10H10F2O3/c1-15-8-5-7(14)9(11)6(10(8)12)3-2-4-13/h4-5,14H,2-3H2,1H3. The van der Waals surface area contributed by atoms with E-state index in [1.165, 1.54) is 7.11 Å². The summed E-state index contributed by atoms with van der Waals surface area (Å²) in [5.74, 6) is -2.85. The van der Waals surface area contributed by atoms with E-state index in [1.807, 2.05) is 0 Å². The van der Waals surface area contributed by atoms with E-state index in [4.69, 9.17) is 5.11 Å². The molecule has 0 radical (unpaired) electrons. The SMILES string of the molecule is COc1cc(O)c(F)c(CCC=O)c1F. The summed E-state index contributed by atoms with van der Waals surface area (Å²) >= 11 is 0. The number of rotatable bonds is 4. The number of carbonyl (C=O) groups excluding carboxylic acids is 1. The van der Waals surface area contributed by atoms with Gasteiger partial charge in [-0.2, -0.15) is 0 Å². The summed E-state index contributed by atoms with van der Waals surface area (Å²) in [6.45, 7) is 0. The highest BCUT2D eigenvalue weighted by molar-refractivity contribution is 5.51. The Bertz CT molecular complexity index is 377. The van der Waals surface area contributed by atoms with Crippen LogP contribution >= 0.6 is 0 Å². The molecule has 5 heteroatoms. The summed E-state index contributed by atoms with van der Waals surface area (Å²) in [5, 5.41) is 9.13. The molecule has 1 aromatic carbocycles. The third-order valence-corrected chi connectivity index (χ3v) is 1.97. The molecular weight excluding hydrogens is 206 g/mol. The van der Waals surface area contributed by atoms with Gasteiger partial charge in [-0.1, -0.05) is 0 Å². The second-order valence-electron chi connectivity index (χ2n) is 2.91. The Morgan fingerprint density at radius 2 is 2.13 bits per heavy atom. The molecule has 0 atom stereocenters. The summed E-state index contributed by atoms with van der Waals surface area (Å²) in [6.07, 6.45) is 0.432. The maximum atomic E-state index is 13.4. The summed E-state index contributed by atoms with van der Waals surface area (Å²) < 4.78 is 31.3. The van der Waals surface area contributed by atoms with Gasteiger partial charge in [-0.05, 0) is 6.42 Å². The molecule has 0 aliphatic heterocycles. The van der Waals surface area contributed by atoms with Crippen LogP contribution in [0.3, 0.4) is 0 Å². The molecule has 1 rings (SSSR count). The van der Waals surface area contributed by atoms with E-state index in [0.29, 0.717) is 6.29 Å². The predicted octanol–water partition coefficient (Wildman–Crippen LogP) is 1.81. The highest BCUT2D eigenvalue weighted by Gasteiger charge is 2.18. The van der Waals surface area contributed by atoms with E-state index in [9.17, 15) is 13.6 Å². The fraction of sp³-hybridized carbons (Fsp3) is 0.300. The number of hydrogen-bond donors (Lipinski definition) is 1. The van der Waals surface area contributed by atoms with E-state index in [-0.39, 0.29) is 24.2 Å². The molecule has 0 fully saturated rings. The number of carbonyl (C=O) groups is 1. The van der Waals surface area contributed by atoms with Crippen molar-refractivity contribution in [1.82, 2.24) is 0 Å². The van der Waals surface area contributed by atoms with Crippen LogP contribution in [0.4, 0.5) is 8.78 Å². The van der Waals surface area contributed by atoms with Crippen molar-refractivity contribution >= 4 is 6.29 Å². The fourth-order valence-electron chi connectivity index (χ4n) is 1.22. The van der Waals surface area contributed by atoms with E-state index >= 15 is 0 Å². The number of benzene rings is 1. The second-order valence-corrected chi connectivity index (χ2v) is 2.91. The first kappa shape index (κ1) is 11.4. The molecule has 0 aliphatic carbocycles. The normalized spacial score (nSPS) is 10.1. The maximum absolute atomic E-state index is 13.4. The average molecular weight is 216 g/mol. The molecule has 0 aliphatic rings. The summed E-state index contributed by atoms with van der Waals surface area (Å²) in [5.41, 5.74) is -0.334. The zero-order chi connectivity index (χ0) is 11.4. The van der Waals surface area contributed by atoms with Crippen molar-refractivity contribution in [3.05, 3.63) is 23.3 Å². The first-order valence-corrected chi connectivity index (χ1v) is 4.29. The van der Waals surface area contributed by atoms with Gasteiger partial charge in [-0.25, -0.2) is 8.78 Å². The Hall–Kier alpha value is -1.65. The molecule has 0 unspecified atom stereocenters. The molecule has 15 heavy (non-hydrogen) atoms. The van der Waals surface area contributed by atoms with Crippen LogP contribution in [0, 0.1) is 11.6 Å². The van der Waals surface area contributed by atoms with Gasteiger partial charge in [-0.3, -0.25) is 0 Å². The quantitative estimate of drug-likeness (QED) is 0.781. The van der Waals surface area contributed by atoms with Crippen molar-refractivity contribution in [3.63, 3.8) is 0 Å². The highest BCUT2D eigenvalue weighted by atomic mass is 19.1. The van der Waals surface area contributed by atoms with Crippen LogP contribution in [-0.2, 0) is 11.2 Å². The van der Waals surface area contributed by atoms with Gasteiger partial charge >= 0.3 is 0 Å². The third-order valence-electron chi connectivity index (χ3n) is 1.97. The van der Waals surface area contributed by atoms with Crippen LogP contribution in [0.1, 0.15) is 12.0 Å². The number of halogens is 2. The first-order valence-electron chi connectivity index (χ1n) is 4.29. The zero-order valence-electron chi connectivity index (χ0n) is 8.09. The lowest BCUT2D eigenvalue weighted by molar-refractivity contribution is -0.107. The lowest BCUT2D eigenvalue weighted by Gasteiger charge is -2.09. The van der Waals surface area contributed by atoms with E-state index in [2.05, 4.69) is 4.74 Å². The number of methoxy groups -OCH3 is 1. The minimum Gasteiger partial charge on any atom is -0.505 e. The maximum Gasteiger partial charge on any atom is 0.171 e. The molecule has 82 valence electrons. The van der Waals surface area contributed by atoms with Gasteiger partial charge in [-0.15, -0.1) is 0 Å². The number of ether oxygens (including phenoxy) is 1. The average Bonchev–Trinajstić information content (AvgIpc) is 2.23. The number of aldehydes is 1. The molecule has 0 heterocycles. The lowest BCUT2D eigenvalue weighted by atomic mass is 10.1. The number of aromatic hydroxyl groups is 1. The molecule has 0 bridgehead atoms. The largest absolute Gasteiger partial charge is 0.505 e. The van der Waals surface area contributed by atoms with E-state index in [0.717, 1.165) is 6.07 Å². The lowest BCUT2D eigenvalue weighted by Crippen LogP contribution is -2.00. The molecule has 0 aromatic heterocycles. The van der Waals surface area contributed by atoms with Crippen molar-refractivity contribution in [1.29, 1.82) is 0 Å². The molecule has 1 aromatic rings. The molecule has 0 amide bonds. The van der Waals surface area contributed by atoms with Gasteiger partial charge in [0.05, 0.1) is 7.11 Å². The first-order chi connectivity index (χ1) is 7.11. The van der Waals surface area contributed by atoms with Crippen LogP contribution in [-0.4, -0.2) is 18.5 Å². The van der Waals surface area contributed by atoms with Gasteiger partial charge < -0.3 is 14.6 Å². The van der Waals surface area contributed by atoms with Crippen molar-refractivity contribution in [2.75, 3.05) is 7.11 Å². The molecule has 3 nitrogen and oxygen atoms in total. The molecule has 1 N–H and O–H groups in total. The monoisotopic (exact) mass is 216 g/mol. The minimum atomic E-state index is -1.05.